The number of nitrogens with zero attached hydrogens (tertiary/aromatic N) is 2. The molecule has 0 saturated heterocycles. The van der Waals surface area contributed by atoms with Gasteiger partial charge in [-0.15, -0.1) is 0 Å². The summed E-state index contributed by atoms with van der Waals surface area (Å²) in [5, 5.41) is 15.7. The summed E-state index contributed by atoms with van der Waals surface area (Å²) >= 11 is 0. The molecule has 0 atom stereocenters. The Balaban J connectivity index is 2.80. The predicted octanol–water partition coefficient (Wildman–Crippen LogP) is 2.29. The molecule has 1 aromatic rings. The maximum Gasteiger partial charge on any atom is 0.134 e. The molecule has 5 heteroatoms. The Labute approximate surface area is 115 Å². The van der Waals surface area contributed by atoms with Crippen LogP contribution >= 0.6 is 0 Å². The van der Waals surface area contributed by atoms with Crippen molar-refractivity contribution < 1.29 is 5.11 Å². The summed E-state index contributed by atoms with van der Waals surface area (Å²) in [6.07, 6.45) is 3.23. The Bertz CT molecular complexity index is 393. The summed E-state index contributed by atoms with van der Waals surface area (Å²) < 4.78 is 0. The number of anilines is 2. The first-order valence-electron chi connectivity index (χ1n) is 6.96. The third-order valence-corrected chi connectivity index (χ3v) is 3.17. The molecule has 3 N–H and O–H groups in total. The number of aliphatic hydroxyl groups is 1. The molecule has 0 spiro atoms. The summed E-state index contributed by atoms with van der Waals surface area (Å²) in [6, 6.07) is 0. The molecule has 0 bridgehead atoms. The molecule has 0 aliphatic heterocycles. The average Bonchev–Trinajstić information content (AvgIpc) is 2.37. The van der Waals surface area contributed by atoms with Crippen LogP contribution in [-0.4, -0.2) is 34.8 Å². The molecule has 0 amide bonds. The lowest BCUT2D eigenvalue weighted by molar-refractivity contribution is 0.220. The first-order valence-corrected chi connectivity index (χ1v) is 6.96. The number of hydrogen-bond donors (Lipinski definition) is 3. The minimum absolute atomic E-state index is 0.0447. The van der Waals surface area contributed by atoms with E-state index in [1.165, 1.54) is 0 Å². The zero-order valence-corrected chi connectivity index (χ0v) is 12.5. The molecule has 0 radical (unpaired) electrons. The van der Waals surface area contributed by atoms with Gasteiger partial charge in [0.05, 0.1) is 0 Å². The second-order valence-corrected chi connectivity index (χ2v) is 5.42. The second-order valence-electron chi connectivity index (χ2n) is 5.42. The Morgan fingerprint density at radius 1 is 1.16 bits per heavy atom. The normalized spacial score (nSPS) is 11.4. The second kappa shape index (κ2) is 7.28. The van der Waals surface area contributed by atoms with E-state index in [1.807, 2.05) is 0 Å². The van der Waals surface area contributed by atoms with Gasteiger partial charge in [-0.05, 0) is 25.2 Å². The highest BCUT2D eigenvalue weighted by Crippen LogP contribution is 2.24. The lowest BCUT2D eigenvalue weighted by atomic mass is 9.90. The fourth-order valence-corrected chi connectivity index (χ4v) is 1.93. The molecule has 0 aliphatic carbocycles. The molecule has 1 aromatic heterocycles. The van der Waals surface area contributed by atoms with Gasteiger partial charge in [-0.25, -0.2) is 9.97 Å². The van der Waals surface area contributed by atoms with Crippen LogP contribution in [0.25, 0.3) is 0 Å². The molecule has 0 aliphatic rings. The topological polar surface area (TPSA) is 70.1 Å². The molecule has 108 valence electrons. The number of rotatable bonds is 8. The van der Waals surface area contributed by atoms with Crippen LogP contribution in [0.4, 0.5) is 11.6 Å². The number of hydrogen-bond acceptors (Lipinski definition) is 5. The number of nitrogens with one attached hydrogen (secondary N) is 2. The van der Waals surface area contributed by atoms with E-state index in [0.29, 0.717) is 0 Å². The molecule has 0 unspecified atom stereocenters. The van der Waals surface area contributed by atoms with Crippen molar-refractivity contribution in [2.24, 2.45) is 5.41 Å². The fraction of sp³-hybridized carbons (Fsp3) is 0.714. The summed E-state index contributed by atoms with van der Waals surface area (Å²) in [6.45, 7) is 10.3. The zero-order chi connectivity index (χ0) is 14.3. The average molecular weight is 266 g/mol. The molecule has 0 aromatic carbocycles. The Kier molecular flexibility index (Phi) is 6.02. The van der Waals surface area contributed by atoms with Crippen LogP contribution in [0.3, 0.4) is 0 Å². The summed E-state index contributed by atoms with van der Waals surface area (Å²) in [5.74, 6) is 1.79. The van der Waals surface area contributed by atoms with E-state index >= 15 is 0 Å². The van der Waals surface area contributed by atoms with E-state index in [-0.39, 0.29) is 12.0 Å². The van der Waals surface area contributed by atoms with E-state index in [1.54, 1.807) is 6.33 Å². The standard InChI is InChI=1S/C14H26N4O/c1-5-11-12(15-6-2)17-10-18-13(11)16-9-14(3,4)7-8-19/h10,19H,5-9H2,1-4H3,(H2,15,16,17,18). The smallest absolute Gasteiger partial charge is 0.134 e. The molecular weight excluding hydrogens is 240 g/mol. The van der Waals surface area contributed by atoms with Crippen molar-refractivity contribution in [3.05, 3.63) is 11.9 Å². The van der Waals surface area contributed by atoms with Gasteiger partial charge < -0.3 is 15.7 Å². The van der Waals surface area contributed by atoms with Crippen molar-refractivity contribution in [2.45, 2.75) is 40.5 Å². The minimum atomic E-state index is 0.0447. The molecular formula is C14H26N4O. The van der Waals surface area contributed by atoms with Gasteiger partial charge in [-0.2, -0.15) is 0 Å². The third-order valence-electron chi connectivity index (χ3n) is 3.17. The Morgan fingerprint density at radius 2 is 1.79 bits per heavy atom. The highest BCUT2D eigenvalue weighted by Gasteiger charge is 2.18. The van der Waals surface area contributed by atoms with Crippen LogP contribution in [0.1, 0.15) is 39.7 Å². The first-order chi connectivity index (χ1) is 9.04. The Hall–Kier alpha value is -1.36. The fourth-order valence-electron chi connectivity index (χ4n) is 1.93. The van der Waals surface area contributed by atoms with Crippen molar-refractivity contribution in [3.63, 3.8) is 0 Å². The number of aromatic nitrogens is 2. The van der Waals surface area contributed by atoms with Crippen LogP contribution in [0.2, 0.25) is 0 Å². The SMILES string of the molecule is CCNc1ncnc(NCC(C)(C)CCO)c1CC. The molecule has 19 heavy (non-hydrogen) atoms. The molecule has 1 rings (SSSR count). The van der Waals surface area contributed by atoms with Crippen molar-refractivity contribution >= 4 is 11.6 Å². The minimum Gasteiger partial charge on any atom is -0.396 e. The van der Waals surface area contributed by atoms with E-state index < -0.39 is 0 Å². The largest absolute Gasteiger partial charge is 0.396 e. The molecule has 0 fully saturated rings. The van der Waals surface area contributed by atoms with Gasteiger partial charge in [-0.3, -0.25) is 0 Å². The summed E-state index contributed by atoms with van der Waals surface area (Å²) in [7, 11) is 0. The predicted molar refractivity (Wildman–Crippen MR) is 79.5 cm³/mol. The van der Waals surface area contributed by atoms with Crippen LogP contribution in [0.5, 0.6) is 0 Å². The van der Waals surface area contributed by atoms with Crippen LogP contribution < -0.4 is 10.6 Å². The van der Waals surface area contributed by atoms with Gasteiger partial charge in [0.2, 0.25) is 0 Å². The highest BCUT2D eigenvalue weighted by atomic mass is 16.3. The summed E-state index contributed by atoms with van der Waals surface area (Å²) in [4.78, 5) is 8.61. The zero-order valence-electron chi connectivity index (χ0n) is 12.5. The van der Waals surface area contributed by atoms with Gasteiger partial charge in [0.15, 0.2) is 0 Å². The van der Waals surface area contributed by atoms with Crippen LogP contribution in [-0.2, 0) is 6.42 Å². The third kappa shape index (κ3) is 4.67. The van der Waals surface area contributed by atoms with Crippen molar-refractivity contribution in [1.82, 2.24) is 9.97 Å². The van der Waals surface area contributed by atoms with Crippen LogP contribution in [0.15, 0.2) is 6.33 Å². The lowest BCUT2D eigenvalue weighted by Gasteiger charge is -2.25. The van der Waals surface area contributed by atoms with Crippen molar-refractivity contribution in [3.8, 4) is 0 Å². The van der Waals surface area contributed by atoms with Gasteiger partial charge >= 0.3 is 0 Å². The quantitative estimate of drug-likeness (QED) is 0.673. The van der Waals surface area contributed by atoms with Crippen LogP contribution in [0, 0.1) is 5.41 Å². The van der Waals surface area contributed by atoms with Crippen molar-refractivity contribution in [2.75, 3.05) is 30.3 Å². The maximum atomic E-state index is 9.05. The first kappa shape index (κ1) is 15.7. The Morgan fingerprint density at radius 3 is 2.32 bits per heavy atom. The van der Waals surface area contributed by atoms with Gasteiger partial charge in [-0.1, -0.05) is 20.8 Å². The van der Waals surface area contributed by atoms with Gasteiger partial charge in [0.1, 0.15) is 18.0 Å². The monoisotopic (exact) mass is 266 g/mol. The van der Waals surface area contributed by atoms with Gasteiger partial charge in [0, 0.05) is 25.3 Å². The van der Waals surface area contributed by atoms with E-state index in [2.05, 4.69) is 48.3 Å². The highest BCUT2D eigenvalue weighted by molar-refractivity contribution is 5.57. The number of aliphatic hydroxyl groups excluding tert-OH is 1. The van der Waals surface area contributed by atoms with E-state index in [4.69, 9.17) is 5.11 Å². The molecule has 0 saturated carbocycles. The van der Waals surface area contributed by atoms with Gasteiger partial charge in [0.25, 0.3) is 0 Å². The maximum absolute atomic E-state index is 9.05. The molecule has 1 heterocycles. The lowest BCUT2D eigenvalue weighted by Crippen LogP contribution is -2.25. The molecule has 5 nitrogen and oxygen atoms in total. The summed E-state index contributed by atoms with van der Waals surface area (Å²) in [5.41, 5.74) is 1.16. The van der Waals surface area contributed by atoms with Crippen molar-refractivity contribution in [1.29, 1.82) is 0 Å². The van der Waals surface area contributed by atoms with E-state index in [9.17, 15) is 0 Å². The van der Waals surface area contributed by atoms with E-state index in [0.717, 1.165) is 43.1 Å².